The second kappa shape index (κ2) is 7.41. The minimum Gasteiger partial charge on any atom is -0.497 e. The molecule has 0 saturated carbocycles. The molecule has 3 aliphatic rings. The quantitative estimate of drug-likeness (QED) is 0.632. The smallest absolute Gasteiger partial charge is 0.256 e. The maximum Gasteiger partial charge on any atom is 0.256 e. The van der Waals surface area contributed by atoms with Gasteiger partial charge in [0.2, 0.25) is 0 Å². The molecule has 0 spiro atoms. The van der Waals surface area contributed by atoms with E-state index in [2.05, 4.69) is 46.6 Å². The number of thiophene rings is 1. The number of aryl methyl sites for hydroxylation is 1. The van der Waals surface area contributed by atoms with Gasteiger partial charge in [-0.15, -0.1) is 11.3 Å². The van der Waals surface area contributed by atoms with Crippen LogP contribution >= 0.6 is 11.3 Å². The molecule has 0 saturated heterocycles. The van der Waals surface area contributed by atoms with Crippen molar-refractivity contribution >= 4 is 22.2 Å². The summed E-state index contributed by atoms with van der Waals surface area (Å²) in [6.07, 6.45) is 5.44. The van der Waals surface area contributed by atoms with E-state index in [1.807, 2.05) is 23.5 Å². The van der Waals surface area contributed by atoms with Crippen LogP contribution in [0.3, 0.4) is 0 Å². The Hall–Kier alpha value is -2.79. The number of nitrogens with zero attached hydrogens (tertiary/aromatic N) is 1. The number of fused-ring (bicyclic) bond motifs is 6. The molecule has 0 bridgehead atoms. The second-order valence-corrected chi connectivity index (χ2v) is 9.88. The number of carbonyl (C=O) groups excluding carboxylic acids is 1. The molecule has 158 valence electrons. The van der Waals surface area contributed by atoms with E-state index in [1.54, 1.807) is 7.11 Å². The van der Waals surface area contributed by atoms with Crippen molar-refractivity contribution in [2.75, 3.05) is 12.0 Å². The first-order valence-electron chi connectivity index (χ1n) is 11.2. The number of anilines is 1. The van der Waals surface area contributed by atoms with E-state index in [0.717, 1.165) is 37.1 Å². The number of amides is 1. The highest BCUT2D eigenvalue weighted by molar-refractivity contribution is 7.16. The number of hydrogen-bond donors (Lipinski definition) is 1. The number of rotatable bonds is 3. The Kier molecular flexibility index (Phi) is 4.53. The lowest BCUT2D eigenvalue weighted by atomic mass is 9.81. The zero-order chi connectivity index (χ0) is 20.9. The van der Waals surface area contributed by atoms with Gasteiger partial charge in [0.05, 0.1) is 12.7 Å². The number of benzene rings is 2. The first kappa shape index (κ1) is 18.9. The molecule has 6 rings (SSSR count). The maximum atomic E-state index is 13.3. The fraction of sp³-hybridized carbons (Fsp3) is 0.346. The summed E-state index contributed by atoms with van der Waals surface area (Å²) in [6.45, 7) is 0.854. The van der Waals surface area contributed by atoms with Crippen LogP contribution in [0, 0.1) is 0 Å². The summed E-state index contributed by atoms with van der Waals surface area (Å²) in [5.74, 6) is 1.19. The fourth-order valence-electron chi connectivity index (χ4n) is 5.52. The minimum absolute atomic E-state index is 0.0166. The molecular weight excluding hydrogens is 404 g/mol. The normalized spacial score (nSPS) is 21.5. The molecule has 4 nitrogen and oxygen atoms in total. The lowest BCUT2D eigenvalue weighted by Gasteiger charge is -2.46. The van der Waals surface area contributed by atoms with Crippen molar-refractivity contribution in [3.05, 3.63) is 81.2 Å². The van der Waals surface area contributed by atoms with Gasteiger partial charge in [0, 0.05) is 17.3 Å². The van der Waals surface area contributed by atoms with Crippen LogP contribution < -0.4 is 15.0 Å². The van der Waals surface area contributed by atoms with E-state index in [-0.39, 0.29) is 18.0 Å². The summed E-state index contributed by atoms with van der Waals surface area (Å²) in [6, 6.07) is 17.1. The molecule has 0 radical (unpaired) electrons. The Bertz CT molecular complexity index is 1150. The molecule has 1 aromatic heterocycles. The predicted molar refractivity (Wildman–Crippen MR) is 124 cm³/mol. The third-order valence-corrected chi connectivity index (χ3v) is 8.38. The van der Waals surface area contributed by atoms with Crippen molar-refractivity contribution in [1.82, 2.24) is 5.32 Å². The largest absolute Gasteiger partial charge is 0.497 e. The van der Waals surface area contributed by atoms with Gasteiger partial charge in [0.25, 0.3) is 5.91 Å². The number of hydrogen-bond acceptors (Lipinski definition) is 4. The van der Waals surface area contributed by atoms with Gasteiger partial charge in [-0.3, -0.25) is 4.79 Å². The molecule has 2 atom stereocenters. The summed E-state index contributed by atoms with van der Waals surface area (Å²) in [7, 11) is 1.69. The summed E-state index contributed by atoms with van der Waals surface area (Å²) < 4.78 is 5.33. The molecule has 1 aliphatic carbocycles. The van der Waals surface area contributed by atoms with Crippen LogP contribution in [0.1, 0.15) is 56.2 Å². The zero-order valence-corrected chi connectivity index (χ0v) is 18.5. The fourth-order valence-corrected chi connectivity index (χ4v) is 6.94. The molecule has 3 aromatic rings. The molecule has 5 heteroatoms. The number of nitrogens with one attached hydrogen (secondary N) is 1. The third-order valence-electron chi connectivity index (χ3n) is 7.05. The van der Waals surface area contributed by atoms with Crippen LogP contribution in [-0.2, 0) is 25.8 Å². The third kappa shape index (κ3) is 3.06. The molecule has 2 aromatic carbocycles. The first-order valence-corrected chi connectivity index (χ1v) is 12.0. The van der Waals surface area contributed by atoms with E-state index in [9.17, 15) is 4.79 Å². The van der Waals surface area contributed by atoms with Crippen LogP contribution in [0.4, 0.5) is 5.00 Å². The number of carbonyl (C=O) groups is 1. The second-order valence-electron chi connectivity index (χ2n) is 8.79. The standard InChI is InChI=1S/C26H26N2O2S/c1-30-18-12-10-16(11-13-18)14-21-19-7-3-2-6-17(19)15-28-24(21)27-25(29)23-20-8-4-5-9-22(20)31-26(23)28/h2-3,6-7,10-13,21,24H,4-5,8-9,14-15H2,1H3,(H,27,29)/t21-,24+/m0/s1. The Morgan fingerprint density at radius 1 is 1.10 bits per heavy atom. The van der Waals surface area contributed by atoms with Crippen molar-refractivity contribution in [3.8, 4) is 5.75 Å². The highest BCUT2D eigenvalue weighted by Gasteiger charge is 2.43. The molecule has 1 N–H and O–H groups in total. The van der Waals surface area contributed by atoms with Crippen LogP contribution in [-0.4, -0.2) is 19.2 Å². The van der Waals surface area contributed by atoms with Gasteiger partial charge in [-0.1, -0.05) is 36.4 Å². The van der Waals surface area contributed by atoms with Gasteiger partial charge in [-0.2, -0.15) is 0 Å². The highest BCUT2D eigenvalue weighted by atomic mass is 32.1. The molecular formula is C26H26N2O2S. The van der Waals surface area contributed by atoms with Gasteiger partial charge < -0.3 is 15.0 Å². The average molecular weight is 431 g/mol. The minimum atomic E-state index is -0.0166. The van der Waals surface area contributed by atoms with Gasteiger partial charge >= 0.3 is 0 Å². The van der Waals surface area contributed by atoms with Gasteiger partial charge in [-0.25, -0.2) is 0 Å². The number of ether oxygens (including phenoxy) is 1. The SMILES string of the molecule is COc1ccc(C[C@H]2c3ccccc3CN3c4sc5c(c4C(=O)N[C@@H]23)CCCC5)cc1. The molecule has 0 unspecified atom stereocenters. The molecule has 1 amide bonds. The summed E-state index contributed by atoms with van der Waals surface area (Å²) in [4.78, 5) is 17.2. The van der Waals surface area contributed by atoms with Gasteiger partial charge in [0.15, 0.2) is 0 Å². The van der Waals surface area contributed by atoms with Crippen LogP contribution in [0.15, 0.2) is 48.5 Å². The lowest BCUT2D eigenvalue weighted by molar-refractivity contribution is 0.0915. The van der Waals surface area contributed by atoms with E-state index in [0.29, 0.717) is 0 Å². The van der Waals surface area contributed by atoms with Gasteiger partial charge in [0.1, 0.15) is 16.9 Å². The monoisotopic (exact) mass is 430 g/mol. The Morgan fingerprint density at radius 2 is 1.90 bits per heavy atom. The summed E-state index contributed by atoms with van der Waals surface area (Å²) in [5.41, 5.74) is 6.25. The summed E-state index contributed by atoms with van der Waals surface area (Å²) >= 11 is 1.86. The Labute approximate surface area is 186 Å². The topological polar surface area (TPSA) is 41.6 Å². The van der Waals surface area contributed by atoms with Crippen LogP contribution in [0.2, 0.25) is 0 Å². The zero-order valence-electron chi connectivity index (χ0n) is 17.7. The van der Waals surface area contributed by atoms with E-state index < -0.39 is 0 Å². The van der Waals surface area contributed by atoms with E-state index in [1.165, 1.54) is 45.0 Å². The van der Waals surface area contributed by atoms with Crippen molar-refractivity contribution < 1.29 is 9.53 Å². The van der Waals surface area contributed by atoms with Crippen molar-refractivity contribution in [1.29, 1.82) is 0 Å². The van der Waals surface area contributed by atoms with E-state index >= 15 is 0 Å². The summed E-state index contributed by atoms with van der Waals surface area (Å²) in [5, 5.41) is 4.60. The van der Waals surface area contributed by atoms with Crippen LogP contribution in [0.25, 0.3) is 0 Å². The van der Waals surface area contributed by atoms with Crippen molar-refractivity contribution in [2.24, 2.45) is 0 Å². The Balaban J connectivity index is 1.43. The van der Waals surface area contributed by atoms with Crippen molar-refractivity contribution in [3.63, 3.8) is 0 Å². The highest BCUT2D eigenvalue weighted by Crippen LogP contribution is 2.47. The first-order chi connectivity index (χ1) is 15.2. The molecule has 31 heavy (non-hydrogen) atoms. The predicted octanol–water partition coefficient (Wildman–Crippen LogP) is 5.05. The Morgan fingerprint density at radius 3 is 2.74 bits per heavy atom. The lowest BCUT2D eigenvalue weighted by Crippen LogP contribution is -2.57. The van der Waals surface area contributed by atoms with E-state index in [4.69, 9.17) is 4.74 Å². The molecule has 3 heterocycles. The maximum absolute atomic E-state index is 13.3. The molecule has 0 fully saturated rings. The van der Waals surface area contributed by atoms with Crippen molar-refractivity contribution in [2.45, 2.75) is 50.7 Å². The number of methoxy groups -OCH3 is 1. The average Bonchev–Trinajstić information content (AvgIpc) is 3.21. The van der Waals surface area contributed by atoms with Crippen LogP contribution in [0.5, 0.6) is 5.75 Å². The molecule has 2 aliphatic heterocycles. The van der Waals surface area contributed by atoms with Gasteiger partial charge in [-0.05, 0) is 66.5 Å².